The van der Waals surface area contributed by atoms with Gasteiger partial charge in [0.2, 0.25) is 0 Å². The zero-order valence-corrected chi connectivity index (χ0v) is 12.8. The molecule has 0 N–H and O–H groups in total. The van der Waals surface area contributed by atoms with Crippen LogP contribution in [-0.4, -0.2) is 41.5 Å². The number of nitro benzene ring substituents is 1. The highest BCUT2D eigenvalue weighted by Gasteiger charge is 2.33. The Morgan fingerprint density at radius 2 is 2.10 bits per heavy atom. The van der Waals surface area contributed by atoms with E-state index in [-0.39, 0.29) is 10.6 Å². The molecule has 0 bridgehead atoms. The van der Waals surface area contributed by atoms with E-state index in [1.54, 1.807) is 6.07 Å². The third-order valence-electron chi connectivity index (χ3n) is 4.98. The molecule has 114 valence electrons. The molecule has 0 unspecified atom stereocenters. The van der Waals surface area contributed by atoms with Gasteiger partial charge in [0.25, 0.3) is 5.69 Å². The molecular weight excluding hydrogens is 266 g/mol. The van der Waals surface area contributed by atoms with E-state index in [0.29, 0.717) is 12.1 Å². The van der Waals surface area contributed by atoms with Crippen molar-refractivity contribution in [1.29, 1.82) is 0 Å². The van der Waals surface area contributed by atoms with E-state index in [0.717, 1.165) is 24.3 Å². The predicted octanol–water partition coefficient (Wildman–Crippen LogP) is 2.97. The standard InChI is InChI=1S/C16H23N3O2/c1-12-10-14(5-6-16(12)19(20)21)17-9-7-15(11-17)18-8-3-4-13(18)2/h5-6,10,13,15H,3-4,7-9,11H2,1-2H3/t13-,15-/m1/s1. The van der Waals surface area contributed by atoms with Crippen molar-refractivity contribution in [2.75, 3.05) is 24.5 Å². The van der Waals surface area contributed by atoms with Crippen LogP contribution in [0.2, 0.25) is 0 Å². The average Bonchev–Trinajstić information content (AvgIpc) is 3.06. The maximum Gasteiger partial charge on any atom is 0.272 e. The van der Waals surface area contributed by atoms with Crippen LogP contribution in [0, 0.1) is 17.0 Å². The zero-order valence-electron chi connectivity index (χ0n) is 12.8. The van der Waals surface area contributed by atoms with Crippen LogP contribution in [0.1, 0.15) is 31.7 Å². The Kier molecular flexibility index (Phi) is 3.85. The summed E-state index contributed by atoms with van der Waals surface area (Å²) in [7, 11) is 0. The molecule has 2 heterocycles. The van der Waals surface area contributed by atoms with Crippen molar-refractivity contribution in [2.45, 2.75) is 45.2 Å². The summed E-state index contributed by atoms with van der Waals surface area (Å²) in [5, 5.41) is 10.9. The van der Waals surface area contributed by atoms with Crippen molar-refractivity contribution in [1.82, 2.24) is 4.90 Å². The van der Waals surface area contributed by atoms with Crippen molar-refractivity contribution in [2.24, 2.45) is 0 Å². The first-order valence-corrected chi connectivity index (χ1v) is 7.82. The largest absolute Gasteiger partial charge is 0.370 e. The maximum absolute atomic E-state index is 10.9. The molecule has 5 heteroatoms. The van der Waals surface area contributed by atoms with Crippen molar-refractivity contribution >= 4 is 11.4 Å². The SMILES string of the molecule is Cc1cc(N2CC[C@@H](N3CCC[C@H]3C)C2)ccc1[N+](=O)[O-]. The number of likely N-dealkylation sites (tertiary alicyclic amines) is 1. The number of nitrogens with zero attached hydrogens (tertiary/aromatic N) is 3. The molecule has 2 atom stereocenters. The minimum absolute atomic E-state index is 0.211. The topological polar surface area (TPSA) is 49.6 Å². The van der Waals surface area contributed by atoms with E-state index < -0.39 is 0 Å². The van der Waals surface area contributed by atoms with Crippen LogP contribution in [0.25, 0.3) is 0 Å². The summed E-state index contributed by atoms with van der Waals surface area (Å²) in [6.07, 6.45) is 3.82. The summed E-state index contributed by atoms with van der Waals surface area (Å²) >= 11 is 0. The van der Waals surface area contributed by atoms with E-state index in [4.69, 9.17) is 0 Å². The van der Waals surface area contributed by atoms with Gasteiger partial charge in [-0.25, -0.2) is 0 Å². The number of hydrogen-bond donors (Lipinski definition) is 0. The van der Waals surface area contributed by atoms with Crippen molar-refractivity contribution in [3.8, 4) is 0 Å². The molecule has 0 aromatic heterocycles. The molecule has 2 fully saturated rings. The quantitative estimate of drug-likeness (QED) is 0.634. The first-order valence-electron chi connectivity index (χ1n) is 7.82. The Morgan fingerprint density at radius 3 is 2.71 bits per heavy atom. The fraction of sp³-hybridized carbons (Fsp3) is 0.625. The minimum Gasteiger partial charge on any atom is -0.370 e. The second kappa shape index (κ2) is 5.64. The van der Waals surface area contributed by atoms with Gasteiger partial charge < -0.3 is 4.90 Å². The molecule has 2 aliphatic heterocycles. The van der Waals surface area contributed by atoms with E-state index >= 15 is 0 Å². The van der Waals surface area contributed by atoms with Gasteiger partial charge in [-0.2, -0.15) is 0 Å². The first-order chi connectivity index (χ1) is 10.1. The number of anilines is 1. The van der Waals surface area contributed by atoms with Gasteiger partial charge in [-0.3, -0.25) is 15.0 Å². The van der Waals surface area contributed by atoms with Crippen molar-refractivity contribution in [3.05, 3.63) is 33.9 Å². The van der Waals surface area contributed by atoms with E-state index in [1.807, 2.05) is 19.1 Å². The molecule has 0 radical (unpaired) electrons. The molecular formula is C16H23N3O2. The Morgan fingerprint density at radius 1 is 1.29 bits per heavy atom. The molecule has 0 saturated carbocycles. The van der Waals surface area contributed by atoms with Crippen LogP contribution >= 0.6 is 0 Å². The second-order valence-electron chi connectivity index (χ2n) is 6.35. The van der Waals surface area contributed by atoms with E-state index in [2.05, 4.69) is 16.7 Å². The Hall–Kier alpha value is -1.62. The summed E-state index contributed by atoms with van der Waals surface area (Å²) in [5.41, 5.74) is 2.07. The first kappa shape index (κ1) is 14.3. The highest BCUT2D eigenvalue weighted by molar-refractivity contribution is 5.56. The molecule has 0 aliphatic carbocycles. The van der Waals surface area contributed by atoms with Crippen LogP contribution < -0.4 is 4.90 Å². The summed E-state index contributed by atoms with van der Waals surface area (Å²) in [6, 6.07) is 6.82. The highest BCUT2D eigenvalue weighted by Crippen LogP contribution is 2.30. The van der Waals surface area contributed by atoms with Gasteiger partial charge in [-0.1, -0.05) is 0 Å². The third kappa shape index (κ3) is 2.75. The highest BCUT2D eigenvalue weighted by atomic mass is 16.6. The molecule has 2 saturated heterocycles. The molecule has 1 aromatic carbocycles. The number of hydrogen-bond acceptors (Lipinski definition) is 4. The molecule has 2 aliphatic rings. The van der Waals surface area contributed by atoms with E-state index in [9.17, 15) is 10.1 Å². The second-order valence-corrected chi connectivity index (χ2v) is 6.35. The lowest BCUT2D eigenvalue weighted by Gasteiger charge is -2.28. The van der Waals surface area contributed by atoms with E-state index in [1.165, 1.54) is 25.8 Å². The fourth-order valence-electron chi connectivity index (χ4n) is 3.79. The average molecular weight is 289 g/mol. The molecule has 5 nitrogen and oxygen atoms in total. The maximum atomic E-state index is 10.9. The van der Waals surface area contributed by atoms with Crippen molar-refractivity contribution < 1.29 is 4.92 Å². The fourth-order valence-corrected chi connectivity index (χ4v) is 3.79. The number of nitro groups is 1. The summed E-state index contributed by atoms with van der Waals surface area (Å²) in [4.78, 5) is 15.6. The van der Waals surface area contributed by atoms with Gasteiger partial charge in [0, 0.05) is 42.5 Å². The van der Waals surface area contributed by atoms with Crippen LogP contribution in [0.15, 0.2) is 18.2 Å². The van der Waals surface area contributed by atoms with Gasteiger partial charge in [0.05, 0.1) is 4.92 Å². The third-order valence-corrected chi connectivity index (χ3v) is 4.98. The smallest absolute Gasteiger partial charge is 0.272 e. The van der Waals surface area contributed by atoms with Gasteiger partial charge in [-0.15, -0.1) is 0 Å². The minimum atomic E-state index is -0.308. The lowest BCUT2D eigenvalue weighted by Crippen LogP contribution is -2.39. The van der Waals surface area contributed by atoms with Gasteiger partial charge in [-0.05, 0) is 51.8 Å². The van der Waals surface area contributed by atoms with Gasteiger partial charge >= 0.3 is 0 Å². The molecule has 0 spiro atoms. The normalized spacial score (nSPS) is 26.5. The summed E-state index contributed by atoms with van der Waals surface area (Å²) in [6.45, 7) is 7.45. The predicted molar refractivity (Wildman–Crippen MR) is 83.9 cm³/mol. The lowest BCUT2D eigenvalue weighted by molar-refractivity contribution is -0.385. The Labute approximate surface area is 125 Å². The van der Waals surface area contributed by atoms with Crippen LogP contribution in [0.4, 0.5) is 11.4 Å². The van der Waals surface area contributed by atoms with Crippen LogP contribution in [-0.2, 0) is 0 Å². The van der Waals surface area contributed by atoms with Crippen LogP contribution in [0.5, 0.6) is 0 Å². The summed E-state index contributed by atoms with van der Waals surface area (Å²) in [5.74, 6) is 0. The van der Waals surface area contributed by atoms with Gasteiger partial charge in [0.15, 0.2) is 0 Å². The Balaban J connectivity index is 1.71. The molecule has 3 rings (SSSR count). The monoisotopic (exact) mass is 289 g/mol. The molecule has 0 amide bonds. The Bertz CT molecular complexity index is 546. The van der Waals surface area contributed by atoms with Gasteiger partial charge in [0.1, 0.15) is 0 Å². The number of aryl methyl sites for hydroxylation is 1. The molecule has 1 aromatic rings. The van der Waals surface area contributed by atoms with Crippen molar-refractivity contribution in [3.63, 3.8) is 0 Å². The molecule has 21 heavy (non-hydrogen) atoms. The summed E-state index contributed by atoms with van der Waals surface area (Å²) < 4.78 is 0. The number of rotatable bonds is 3. The lowest BCUT2D eigenvalue weighted by atomic mass is 10.1. The zero-order chi connectivity index (χ0) is 15.0. The van der Waals surface area contributed by atoms with Crippen LogP contribution in [0.3, 0.4) is 0 Å². The number of benzene rings is 1.